The van der Waals surface area contributed by atoms with Gasteiger partial charge in [-0.3, -0.25) is 0 Å². The van der Waals surface area contributed by atoms with Crippen LogP contribution in [0, 0.1) is 0 Å². The second kappa shape index (κ2) is 21.6. The molecule has 45 heavy (non-hydrogen) atoms. The molecule has 3 aliphatic carbocycles. The van der Waals surface area contributed by atoms with Crippen molar-refractivity contribution in [3.05, 3.63) is 216 Å². The van der Waals surface area contributed by atoms with Gasteiger partial charge in [0.1, 0.15) is 17.3 Å². The SMILES string of the molecule is OC(=C1C=CC=C1)c1cccc(C(O)=C2C=CC=C2)c1C(O)=C1C=CC=C1.[Fe+2].[Fe].[Fe].c1cc[cH-]c1.c1cc[cH-]c1.c1cc[cH-]c1. The van der Waals surface area contributed by atoms with Crippen LogP contribution < -0.4 is 0 Å². The molecule has 0 bridgehead atoms. The molecular weight excluding hydrogens is 684 g/mol. The molecule has 4 aromatic carbocycles. The van der Waals surface area contributed by atoms with Crippen LogP contribution in [0.1, 0.15) is 16.7 Å². The van der Waals surface area contributed by atoms with Crippen LogP contribution in [0.15, 0.2) is 199 Å². The van der Waals surface area contributed by atoms with Crippen molar-refractivity contribution >= 4 is 17.3 Å². The topological polar surface area (TPSA) is 60.7 Å². The van der Waals surface area contributed by atoms with Crippen LogP contribution in [0.2, 0.25) is 0 Å². The molecule has 3 N–H and O–H groups in total. The van der Waals surface area contributed by atoms with Gasteiger partial charge in [-0.25, -0.2) is 36.4 Å². The van der Waals surface area contributed by atoms with Gasteiger partial charge in [0.2, 0.25) is 0 Å². The normalized spacial score (nSPS) is 12.4. The molecule has 0 saturated heterocycles. The number of aliphatic hydroxyl groups is 3. The van der Waals surface area contributed by atoms with E-state index in [1.54, 1.807) is 54.7 Å². The van der Waals surface area contributed by atoms with Gasteiger partial charge < -0.3 is 15.3 Å². The summed E-state index contributed by atoms with van der Waals surface area (Å²) >= 11 is 0. The second-order valence-corrected chi connectivity index (χ2v) is 9.18. The Morgan fingerprint density at radius 2 is 0.667 bits per heavy atom. The molecule has 3 nitrogen and oxygen atoms in total. The first kappa shape index (κ1) is 38.9. The van der Waals surface area contributed by atoms with Gasteiger partial charge in [-0.2, -0.15) is 54.6 Å². The molecule has 6 heteroatoms. The molecule has 232 valence electrons. The fourth-order valence-corrected chi connectivity index (χ4v) is 4.22. The van der Waals surface area contributed by atoms with Gasteiger partial charge in [0.15, 0.2) is 0 Å². The predicted octanol–water partition coefficient (Wildman–Crippen LogP) is 10.1. The fourth-order valence-electron chi connectivity index (χ4n) is 4.22. The number of rotatable bonds is 3. The second-order valence-electron chi connectivity index (χ2n) is 9.18. The molecule has 0 fully saturated rings. The van der Waals surface area contributed by atoms with E-state index < -0.39 is 0 Å². The van der Waals surface area contributed by atoms with E-state index in [1.165, 1.54) is 0 Å². The minimum Gasteiger partial charge on any atom is -0.507 e. The Kier molecular flexibility index (Phi) is 18.6. The van der Waals surface area contributed by atoms with E-state index in [4.69, 9.17) is 0 Å². The first-order valence-electron chi connectivity index (χ1n) is 13.6. The molecule has 0 amide bonds. The largest absolute Gasteiger partial charge is 2.00 e. The summed E-state index contributed by atoms with van der Waals surface area (Å²) in [4.78, 5) is 0. The summed E-state index contributed by atoms with van der Waals surface area (Å²) in [5.74, 6) is 0.0948. The molecule has 0 aliphatic heterocycles. The molecular formula is C39H33Fe3O3-. The first-order valence-corrected chi connectivity index (χ1v) is 13.6. The summed E-state index contributed by atoms with van der Waals surface area (Å²) in [5, 5.41) is 32.7. The zero-order valence-corrected chi connectivity index (χ0v) is 27.5. The van der Waals surface area contributed by atoms with Crippen LogP contribution in [0.5, 0.6) is 0 Å². The summed E-state index contributed by atoms with van der Waals surface area (Å²) in [6.07, 6.45) is 21.8. The van der Waals surface area contributed by atoms with Crippen molar-refractivity contribution in [1.82, 2.24) is 0 Å². The van der Waals surface area contributed by atoms with Gasteiger partial charge in [0, 0.05) is 67.5 Å². The molecule has 0 saturated carbocycles. The molecule has 7 rings (SSSR count). The summed E-state index contributed by atoms with van der Waals surface area (Å²) in [6.45, 7) is 0. The Morgan fingerprint density at radius 1 is 0.400 bits per heavy atom. The smallest absolute Gasteiger partial charge is 0.507 e. The number of hydrogen-bond donors (Lipinski definition) is 3. The van der Waals surface area contributed by atoms with Crippen molar-refractivity contribution in [2.45, 2.75) is 0 Å². The van der Waals surface area contributed by atoms with Gasteiger partial charge in [-0.1, -0.05) is 91.1 Å². The van der Waals surface area contributed by atoms with Gasteiger partial charge in [0.05, 0.1) is 0 Å². The van der Waals surface area contributed by atoms with Crippen LogP contribution in [0.3, 0.4) is 0 Å². The third-order valence-electron chi connectivity index (χ3n) is 6.29. The molecule has 0 radical (unpaired) electrons. The Bertz CT molecular complexity index is 1450. The van der Waals surface area contributed by atoms with E-state index in [0.717, 1.165) is 0 Å². The van der Waals surface area contributed by atoms with E-state index in [0.29, 0.717) is 33.4 Å². The molecule has 0 heterocycles. The predicted molar refractivity (Wildman–Crippen MR) is 176 cm³/mol. The Balaban J connectivity index is 0.000000459. The number of benzene rings is 1. The average molecular weight is 717 g/mol. The van der Waals surface area contributed by atoms with Crippen molar-refractivity contribution in [1.29, 1.82) is 0 Å². The molecule has 0 unspecified atom stereocenters. The van der Waals surface area contributed by atoms with E-state index in [-0.39, 0.29) is 68.5 Å². The van der Waals surface area contributed by atoms with Crippen LogP contribution in [-0.4, -0.2) is 15.3 Å². The Morgan fingerprint density at radius 3 is 0.911 bits per heavy atom. The zero-order valence-electron chi connectivity index (χ0n) is 24.2. The monoisotopic (exact) mass is 717 g/mol. The van der Waals surface area contributed by atoms with Crippen LogP contribution in [0.4, 0.5) is 0 Å². The van der Waals surface area contributed by atoms with Gasteiger partial charge >= 0.3 is 17.1 Å². The van der Waals surface area contributed by atoms with Crippen LogP contribution >= 0.6 is 0 Å². The number of hydrogen-bond acceptors (Lipinski definition) is 3. The quantitative estimate of drug-likeness (QED) is 0.112. The Labute approximate surface area is 297 Å². The molecule has 4 aromatic rings. The fraction of sp³-hybridized carbons (Fsp3) is 0. The summed E-state index contributed by atoms with van der Waals surface area (Å²) in [5.41, 5.74) is 3.22. The van der Waals surface area contributed by atoms with Crippen molar-refractivity contribution in [2.75, 3.05) is 0 Å². The van der Waals surface area contributed by atoms with Crippen molar-refractivity contribution in [3.8, 4) is 0 Å². The maximum Gasteiger partial charge on any atom is 2.00 e. The van der Waals surface area contributed by atoms with Gasteiger partial charge in [0.25, 0.3) is 0 Å². The number of aliphatic hydroxyl groups excluding tert-OH is 3. The number of allylic oxidation sites excluding steroid dienone is 15. The Hall–Kier alpha value is -4.11. The van der Waals surface area contributed by atoms with Crippen molar-refractivity contribution in [3.63, 3.8) is 0 Å². The summed E-state index contributed by atoms with van der Waals surface area (Å²) in [7, 11) is 0. The zero-order chi connectivity index (χ0) is 29.4. The van der Waals surface area contributed by atoms with Crippen LogP contribution in [0.25, 0.3) is 17.3 Å². The first-order chi connectivity index (χ1) is 20.7. The van der Waals surface area contributed by atoms with Crippen LogP contribution in [-0.2, 0) is 51.2 Å². The molecule has 0 atom stereocenters. The summed E-state index contributed by atoms with van der Waals surface area (Å²) in [6, 6.07) is 35.2. The average Bonchev–Trinajstić information content (AvgIpc) is 3.88. The standard InChI is InChI=1S/C24H18O3.3C5H5.3Fe/c25-22(16-8-1-2-9-16)19-14-7-15-20(23(26)17-10-3-4-11-17)21(19)24(27)18-12-5-6-13-18;3*1-2-4-5-3-1;;;/h1-15,25-27H;3*1-5H;;;/q;3*-1;;;+2. The van der Waals surface area contributed by atoms with Gasteiger partial charge in [-0.15, -0.1) is 0 Å². The van der Waals surface area contributed by atoms with E-state index in [2.05, 4.69) is 0 Å². The van der Waals surface area contributed by atoms with Crippen molar-refractivity contribution in [2.24, 2.45) is 0 Å². The van der Waals surface area contributed by atoms with E-state index >= 15 is 0 Å². The molecule has 0 aromatic heterocycles. The maximum absolute atomic E-state index is 11.0. The minimum atomic E-state index is 0. The van der Waals surface area contributed by atoms with Gasteiger partial charge in [-0.05, 0) is 0 Å². The molecule has 0 spiro atoms. The summed E-state index contributed by atoms with van der Waals surface area (Å²) < 4.78 is 0. The molecule has 3 aliphatic rings. The van der Waals surface area contributed by atoms with Crippen molar-refractivity contribution < 1.29 is 66.5 Å². The third-order valence-corrected chi connectivity index (χ3v) is 6.29. The van der Waals surface area contributed by atoms with E-state index in [1.807, 2.05) is 127 Å². The minimum absolute atomic E-state index is 0. The van der Waals surface area contributed by atoms with E-state index in [9.17, 15) is 15.3 Å². The third kappa shape index (κ3) is 11.7. The maximum atomic E-state index is 11.0.